The summed E-state index contributed by atoms with van der Waals surface area (Å²) in [5.41, 5.74) is 8.02. The molecule has 0 saturated carbocycles. The Bertz CT molecular complexity index is 939. The van der Waals surface area contributed by atoms with Crippen LogP contribution in [0.1, 0.15) is 15.9 Å². The van der Waals surface area contributed by atoms with Gasteiger partial charge in [0.05, 0.1) is 0 Å². The second-order valence-corrected chi connectivity index (χ2v) is 5.97. The predicted molar refractivity (Wildman–Crippen MR) is 104 cm³/mol. The van der Waals surface area contributed by atoms with Gasteiger partial charge in [0.2, 0.25) is 0 Å². The highest BCUT2D eigenvalue weighted by molar-refractivity contribution is 5.96. The molecule has 27 heavy (non-hydrogen) atoms. The molecule has 0 aliphatic heterocycles. The monoisotopic (exact) mass is 360 g/mol. The first-order valence-electron chi connectivity index (χ1n) is 8.57. The van der Waals surface area contributed by atoms with Gasteiger partial charge in [0.1, 0.15) is 5.75 Å². The minimum absolute atomic E-state index is 0.210. The number of rotatable bonds is 5. The number of carbonyl (C=O) groups is 2. The molecule has 5 heteroatoms. The van der Waals surface area contributed by atoms with E-state index in [-0.39, 0.29) is 12.5 Å². The summed E-state index contributed by atoms with van der Waals surface area (Å²) in [6.07, 6.45) is 0. The maximum atomic E-state index is 12.1. The Morgan fingerprint density at radius 1 is 0.815 bits per heavy atom. The number of carbonyl (C=O) groups excluding carboxylic acids is 2. The summed E-state index contributed by atoms with van der Waals surface area (Å²) in [5, 5.41) is 0. The molecule has 0 atom stereocenters. The Morgan fingerprint density at radius 2 is 1.48 bits per heavy atom. The maximum Gasteiger partial charge on any atom is 0.276 e. The smallest absolute Gasteiger partial charge is 0.276 e. The van der Waals surface area contributed by atoms with Gasteiger partial charge < -0.3 is 4.74 Å². The third kappa shape index (κ3) is 4.73. The van der Waals surface area contributed by atoms with Crippen LogP contribution in [0.3, 0.4) is 0 Å². The number of hydrogen-bond donors (Lipinski definition) is 2. The lowest BCUT2D eigenvalue weighted by molar-refractivity contribution is -0.123. The Balaban J connectivity index is 1.57. The molecule has 0 heterocycles. The van der Waals surface area contributed by atoms with Crippen LogP contribution in [-0.4, -0.2) is 18.4 Å². The summed E-state index contributed by atoms with van der Waals surface area (Å²) < 4.78 is 5.65. The molecule has 0 aliphatic carbocycles. The van der Waals surface area contributed by atoms with E-state index in [4.69, 9.17) is 4.74 Å². The fourth-order valence-corrected chi connectivity index (χ4v) is 2.65. The molecular weight excluding hydrogens is 340 g/mol. The van der Waals surface area contributed by atoms with Crippen LogP contribution in [0, 0.1) is 6.92 Å². The molecule has 2 N–H and O–H groups in total. The van der Waals surface area contributed by atoms with Gasteiger partial charge in [-0.15, -0.1) is 0 Å². The van der Waals surface area contributed by atoms with Crippen molar-refractivity contribution in [1.82, 2.24) is 10.9 Å². The van der Waals surface area contributed by atoms with Crippen LogP contribution in [-0.2, 0) is 4.79 Å². The van der Waals surface area contributed by atoms with Gasteiger partial charge >= 0.3 is 0 Å². The van der Waals surface area contributed by atoms with Crippen molar-refractivity contribution in [3.05, 3.63) is 90.0 Å². The van der Waals surface area contributed by atoms with E-state index in [0.29, 0.717) is 11.3 Å². The number of para-hydroxylation sites is 1. The molecule has 0 fully saturated rings. The summed E-state index contributed by atoms with van der Waals surface area (Å²) in [5.74, 6) is -0.213. The van der Waals surface area contributed by atoms with Crippen molar-refractivity contribution in [2.75, 3.05) is 6.61 Å². The minimum Gasteiger partial charge on any atom is -0.483 e. The summed E-state index contributed by atoms with van der Waals surface area (Å²) >= 11 is 0. The van der Waals surface area contributed by atoms with E-state index in [2.05, 4.69) is 10.9 Å². The third-order valence-electron chi connectivity index (χ3n) is 4.04. The number of aryl methyl sites for hydroxylation is 1. The van der Waals surface area contributed by atoms with Gasteiger partial charge in [-0.2, -0.15) is 0 Å². The predicted octanol–water partition coefficient (Wildman–Crippen LogP) is 3.50. The highest BCUT2D eigenvalue weighted by Crippen LogP contribution is 2.29. The number of nitrogens with one attached hydrogen (secondary N) is 2. The van der Waals surface area contributed by atoms with E-state index in [1.807, 2.05) is 73.7 Å². The fraction of sp³-hybridized carbons (Fsp3) is 0.0909. The lowest BCUT2D eigenvalue weighted by Crippen LogP contribution is -2.44. The molecule has 136 valence electrons. The highest BCUT2D eigenvalue weighted by Gasteiger charge is 2.11. The second kappa shape index (κ2) is 8.67. The van der Waals surface area contributed by atoms with Gasteiger partial charge in [-0.05, 0) is 30.2 Å². The van der Waals surface area contributed by atoms with Crippen LogP contribution in [0.2, 0.25) is 0 Å². The molecule has 3 aromatic rings. The van der Waals surface area contributed by atoms with E-state index < -0.39 is 5.91 Å². The minimum atomic E-state index is -0.445. The summed E-state index contributed by atoms with van der Waals surface area (Å²) in [7, 11) is 0. The second-order valence-electron chi connectivity index (χ2n) is 5.97. The van der Waals surface area contributed by atoms with Gasteiger partial charge in [-0.1, -0.05) is 66.7 Å². The van der Waals surface area contributed by atoms with Crippen LogP contribution < -0.4 is 15.6 Å². The van der Waals surface area contributed by atoms with Crippen molar-refractivity contribution in [2.45, 2.75) is 6.92 Å². The molecule has 0 aliphatic rings. The van der Waals surface area contributed by atoms with Crippen LogP contribution in [0.15, 0.2) is 78.9 Å². The maximum absolute atomic E-state index is 12.1. The third-order valence-corrected chi connectivity index (χ3v) is 4.04. The largest absolute Gasteiger partial charge is 0.483 e. The van der Waals surface area contributed by atoms with Crippen LogP contribution >= 0.6 is 0 Å². The average molecular weight is 360 g/mol. The van der Waals surface area contributed by atoms with Gasteiger partial charge in [-0.25, -0.2) is 0 Å². The molecule has 0 unspecified atom stereocenters. The highest BCUT2D eigenvalue weighted by atomic mass is 16.5. The SMILES string of the molecule is Cc1ccccc1C(=O)NNC(=O)COc1ccccc1-c1ccccc1. The van der Waals surface area contributed by atoms with Gasteiger partial charge in [0, 0.05) is 11.1 Å². The van der Waals surface area contributed by atoms with E-state index in [9.17, 15) is 9.59 Å². The van der Waals surface area contributed by atoms with Crippen molar-refractivity contribution in [3.8, 4) is 16.9 Å². The lowest BCUT2D eigenvalue weighted by atomic mass is 10.1. The first-order chi connectivity index (χ1) is 13.1. The standard InChI is InChI=1S/C22H20N2O3/c1-16-9-5-6-12-18(16)22(26)24-23-21(25)15-27-20-14-8-7-13-19(20)17-10-3-2-4-11-17/h2-14H,15H2,1H3,(H,23,25)(H,24,26). The molecule has 2 amide bonds. The van der Waals surface area contributed by atoms with Crippen molar-refractivity contribution < 1.29 is 14.3 Å². The Morgan fingerprint density at radius 3 is 2.26 bits per heavy atom. The zero-order valence-corrected chi connectivity index (χ0v) is 14.9. The van der Waals surface area contributed by atoms with E-state index in [1.54, 1.807) is 12.1 Å². The average Bonchev–Trinajstić information content (AvgIpc) is 2.71. The lowest BCUT2D eigenvalue weighted by Gasteiger charge is -2.12. The number of hydrazine groups is 1. The van der Waals surface area contributed by atoms with Gasteiger partial charge in [-0.3, -0.25) is 20.4 Å². The van der Waals surface area contributed by atoms with Gasteiger partial charge in [0.25, 0.3) is 11.8 Å². The van der Waals surface area contributed by atoms with Crippen LogP contribution in [0.25, 0.3) is 11.1 Å². The molecule has 3 aromatic carbocycles. The van der Waals surface area contributed by atoms with Crippen molar-refractivity contribution in [2.24, 2.45) is 0 Å². The molecule has 5 nitrogen and oxygen atoms in total. The quantitative estimate of drug-likeness (QED) is 0.684. The number of ether oxygens (including phenoxy) is 1. The number of benzene rings is 3. The van der Waals surface area contributed by atoms with E-state index >= 15 is 0 Å². The summed E-state index contributed by atoms with van der Waals surface area (Å²) in [4.78, 5) is 24.2. The number of amides is 2. The topological polar surface area (TPSA) is 67.4 Å². The summed E-state index contributed by atoms with van der Waals surface area (Å²) in [6.45, 7) is 1.62. The Labute approximate surface area is 158 Å². The first-order valence-corrected chi connectivity index (χ1v) is 8.57. The Hall–Kier alpha value is -3.60. The number of hydrogen-bond acceptors (Lipinski definition) is 3. The zero-order chi connectivity index (χ0) is 19.1. The normalized spacial score (nSPS) is 10.1. The molecule has 0 radical (unpaired) electrons. The van der Waals surface area contributed by atoms with E-state index in [0.717, 1.165) is 16.7 Å². The summed E-state index contributed by atoms with van der Waals surface area (Å²) in [6, 6.07) is 24.4. The first kappa shape index (κ1) is 18.2. The Kier molecular flexibility index (Phi) is 5.84. The van der Waals surface area contributed by atoms with Crippen molar-refractivity contribution >= 4 is 11.8 Å². The fourth-order valence-electron chi connectivity index (χ4n) is 2.65. The molecule has 0 saturated heterocycles. The van der Waals surface area contributed by atoms with Crippen LogP contribution in [0.4, 0.5) is 0 Å². The van der Waals surface area contributed by atoms with Crippen molar-refractivity contribution in [1.29, 1.82) is 0 Å². The van der Waals surface area contributed by atoms with Crippen LogP contribution in [0.5, 0.6) is 5.75 Å². The molecule has 3 rings (SSSR count). The molecular formula is C22H20N2O3. The van der Waals surface area contributed by atoms with E-state index in [1.165, 1.54) is 0 Å². The zero-order valence-electron chi connectivity index (χ0n) is 14.9. The molecule has 0 spiro atoms. The molecule has 0 bridgehead atoms. The van der Waals surface area contributed by atoms with Gasteiger partial charge in [0.15, 0.2) is 6.61 Å². The van der Waals surface area contributed by atoms with Crippen molar-refractivity contribution in [3.63, 3.8) is 0 Å². The molecule has 0 aromatic heterocycles.